The van der Waals surface area contributed by atoms with Crippen LogP contribution in [-0.4, -0.2) is 34.9 Å². The molecule has 7 nitrogen and oxygen atoms in total. The van der Waals surface area contributed by atoms with Crippen LogP contribution < -0.4 is 14.4 Å². The average molecular weight is 441 g/mol. The van der Waals surface area contributed by atoms with Crippen molar-refractivity contribution in [1.82, 2.24) is 10.2 Å². The van der Waals surface area contributed by atoms with Crippen LogP contribution in [0, 0.1) is 0 Å². The number of fused-ring (bicyclic) bond motifs is 1. The molecule has 0 radical (unpaired) electrons. The zero-order chi connectivity index (χ0) is 22.9. The van der Waals surface area contributed by atoms with Crippen molar-refractivity contribution < 1.29 is 19.4 Å². The summed E-state index contributed by atoms with van der Waals surface area (Å²) in [6.07, 6.45) is 0. The average Bonchev–Trinajstić information content (AvgIpc) is 3.40. The summed E-state index contributed by atoms with van der Waals surface area (Å²) in [5, 5.41) is 17.6. The molecule has 1 aromatic heterocycles. The number of aromatic hydroxyl groups is 1. The van der Waals surface area contributed by atoms with E-state index in [0.29, 0.717) is 23.7 Å². The lowest BCUT2D eigenvalue weighted by Gasteiger charge is -2.27. The van der Waals surface area contributed by atoms with E-state index in [9.17, 15) is 9.90 Å². The summed E-state index contributed by atoms with van der Waals surface area (Å²) in [6, 6.07) is 21.9. The van der Waals surface area contributed by atoms with Crippen molar-refractivity contribution >= 4 is 11.6 Å². The minimum Gasteiger partial charge on any atom is -0.504 e. The Kier molecular flexibility index (Phi) is 5.22. The summed E-state index contributed by atoms with van der Waals surface area (Å²) in [4.78, 5) is 15.3. The largest absolute Gasteiger partial charge is 0.504 e. The molecule has 4 aromatic rings. The Morgan fingerprint density at radius 3 is 2.52 bits per heavy atom. The molecular weight excluding hydrogens is 418 g/mol. The van der Waals surface area contributed by atoms with Gasteiger partial charge >= 0.3 is 0 Å². The molecule has 2 heterocycles. The molecule has 0 spiro atoms. The maximum absolute atomic E-state index is 13.6. The second kappa shape index (κ2) is 8.35. The molecule has 0 saturated heterocycles. The van der Waals surface area contributed by atoms with Crippen LogP contribution in [0.1, 0.15) is 34.6 Å². The maximum atomic E-state index is 13.6. The number of phenols is 1. The number of aromatic amines is 1. The zero-order valence-corrected chi connectivity index (χ0v) is 18.3. The van der Waals surface area contributed by atoms with E-state index in [4.69, 9.17) is 9.47 Å². The maximum Gasteiger partial charge on any atom is 0.277 e. The molecule has 33 heavy (non-hydrogen) atoms. The highest BCUT2D eigenvalue weighted by Gasteiger charge is 2.43. The number of methoxy groups -OCH3 is 1. The van der Waals surface area contributed by atoms with E-state index in [1.54, 1.807) is 23.1 Å². The molecule has 1 atom stereocenters. The van der Waals surface area contributed by atoms with Gasteiger partial charge in [0.25, 0.3) is 5.91 Å². The smallest absolute Gasteiger partial charge is 0.277 e. The van der Waals surface area contributed by atoms with E-state index >= 15 is 0 Å². The Hall–Kier alpha value is -4.26. The Morgan fingerprint density at radius 2 is 1.82 bits per heavy atom. The third-order valence-electron chi connectivity index (χ3n) is 5.76. The van der Waals surface area contributed by atoms with Crippen molar-refractivity contribution in [3.63, 3.8) is 0 Å². The van der Waals surface area contributed by atoms with Crippen LogP contribution >= 0.6 is 0 Å². The summed E-state index contributed by atoms with van der Waals surface area (Å²) in [5.74, 6) is 0.931. The number of hydrogen-bond donors (Lipinski definition) is 2. The number of anilines is 1. The number of carbonyl (C=O) groups excluding carboxylic acids is 1. The lowest BCUT2D eigenvalue weighted by molar-refractivity contribution is 0.0988. The van der Waals surface area contributed by atoms with Gasteiger partial charge < -0.3 is 14.6 Å². The van der Waals surface area contributed by atoms with Crippen LogP contribution in [0.3, 0.4) is 0 Å². The van der Waals surface area contributed by atoms with Gasteiger partial charge in [-0.25, -0.2) is 0 Å². The molecule has 7 heteroatoms. The Bertz CT molecular complexity index is 1300. The highest BCUT2D eigenvalue weighted by molar-refractivity contribution is 6.11. The van der Waals surface area contributed by atoms with Gasteiger partial charge in [0.15, 0.2) is 11.5 Å². The molecule has 0 fully saturated rings. The Balaban J connectivity index is 1.69. The van der Waals surface area contributed by atoms with E-state index in [2.05, 4.69) is 10.2 Å². The number of phenolic OH excluding ortho intramolecular Hbond substituents is 1. The molecule has 0 aliphatic carbocycles. The van der Waals surface area contributed by atoms with Crippen LogP contribution in [-0.2, 0) is 0 Å². The van der Waals surface area contributed by atoms with Crippen LogP contribution in [0.15, 0.2) is 72.8 Å². The third-order valence-corrected chi connectivity index (χ3v) is 5.76. The first kappa shape index (κ1) is 20.6. The van der Waals surface area contributed by atoms with E-state index in [0.717, 1.165) is 28.1 Å². The number of nitrogens with zero attached hydrogens (tertiary/aromatic N) is 2. The van der Waals surface area contributed by atoms with Crippen LogP contribution in [0.4, 0.5) is 5.69 Å². The predicted molar refractivity (Wildman–Crippen MR) is 125 cm³/mol. The van der Waals surface area contributed by atoms with Gasteiger partial charge in [0.2, 0.25) is 0 Å². The van der Waals surface area contributed by atoms with E-state index in [1.807, 2.05) is 61.5 Å². The van der Waals surface area contributed by atoms with Crippen LogP contribution in [0.25, 0.3) is 11.3 Å². The highest BCUT2D eigenvalue weighted by Crippen LogP contribution is 2.46. The second-order valence-corrected chi connectivity index (χ2v) is 7.66. The molecule has 3 aromatic carbocycles. The third kappa shape index (κ3) is 3.47. The van der Waals surface area contributed by atoms with Gasteiger partial charge in [0.1, 0.15) is 11.4 Å². The summed E-state index contributed by atoms with van der Waals surface area (Å²) in [6.45, 7) is 2.49. The number of ether oxygens (including phenoxy) is 2. The van der Waals surface area contributed by atoms with Gasteiger partial charge in [-0.15, -0.1) is 0 Å². The molecule has 0 saturated carbocycles. The van der Waals surface area contributed by atoms with Gasteiger partial charge in [-0.3, -0.25) is 14.8 Å². The molecular formula is C26H23N3O4. The molecule has 1 aliphatic rings. The van der Waals surface area contributed by atoms with Crippen molar-refractivity contribution in [1.29, 1.82) is 0 Å². The lowest BCUT2D eigenvalue weighted by atomic mass is 9.95. The number of amides is 1. The fourth-order valence-electron chi connectivity index (χ4n) is 4.28. The summed E-state index contributed by atoms with van der Waals surface area (Å²) < 4.78 is 10.9. The van der Waals surface area contributed by atoms with Crippen LogP contribution in [0.2, 0.25) is 0 Å². The first-order chi connectivity index (χ1) is 16.1. The number of aromatic nitrogens is 2. The van der Waals surface area contributed by atoms with Gasteiger partial charge in [0, 0.05) is 16.8 Å². The summed E-state index contributed by atoms with van der Waals surface area (Å²) in [7, 11) is 1.50. The monoisotopic (exact) mass is 441 g/mol. The highest BCUT2D eigenvalue weighted by atomic mass is 16.5. The van der Waals surface area contributed by atoms with Crippen molar-refractivity contribution in [2.24, 2.45) is 0 Å². The van der Waals surface area contributed by atoms with E-state index in [-0.39, 0.29) is 11.7 Å². The van der Waals surface area contributed by atoms with Crippen LogP contribution in [0.5, 0.6) is 17.2 Å². The number of rotatable bonds is 6. The second-order valence-electron chi connectivity index (χ2n) is 7.66. The van der Waals surface area contributed by atoms with Crippen molar-refractivity contribution in [2.75, 3.05) is 18.6 Å². The van der Waals surface area contributed by atoms with Gasteiger partial charge in [-0.1, -0.05) is 36.4 Å². The van der Waals surface area contributed by atoms with E-state index < -0.39 is 6.04 Å². The van der Waals surface area contributed by atoms with E-state index in [1.165, 1.54) is 7.11 Å². The zero-order valence-electron chi connectivity index (χ0n) is 18.3. The fourth-order valence-corrected chi connectivity index (χ4v) is 4.28. The molecule has 5 rings (SSSR count). The first-order valence-corrected chi connectivity index (χ1v) is 10.7. The molecule has 0 bridgehead atoms. The summed E-state index contributed by atoms with van der Waals surface area (Å²) >= 11 is 0. The number of benzene rings is 3. The number of hydrogen-bond acceptors (Lipinski definition) is 5. The normalized spacial score (nSPS) is 14.9. The van der Waals surface area contributed by atoms with Gasteiger partial charge in [-0.2, -0.15) is 5.10 Å². The quantitative estimate of drug-likeness (QED) is 0.443. The lowest BCUT2D eigenvalue weighted by Crippen LogP contribution is -2.29. The minimum atomic E-state index is -0.464. The SMILES string of the molecule is CCOc1ccc(N2C(=O)c3[nH]nc(-c4ccccc4)c3[C@@H]2c2ccc(O)c(OC)c2)cc1. The molecule has 0 unspecified atom stereocenters. The summed E-state index contributed by atoms with van der Waals surface area (Å²) in [5.41, 5.74) is 4.37. The number of H-pyrrole nitrogens is 1. The van der Waals surface area contributed by atoms with Crippen molar-refractivity contribution in [2.45, 2.75) is 13.0 Å². The Morgan fingerprint density at radius 1 is 1.06 bits per heavy atom. The van der Waals surface area contributed by atoms with Crippen molar-refractivity contribution in [3.05, 3.63) is 89.6 Å². The number of nitrogens with one attached hydrogen (secondary N) is 1. The molecule has 2 N–H and O–H groups in total. The van der Waals surface area contributed by atoms with Gasteiger partial charge in [0.05, 0.1) is 25.5 Å². The molecule has 1 aliphatic heterocycles. The fraction of sp³-hybridized carbons (Fsp3) is 0.154. The minimum absolute atomic E-state index is 0.0360. The predicted octanol–water partition coefficient (Wildman–Crippen LogP) is 4.94. The number of carbonyl (C=O) groups is 1. The molecule has 1 amide bonds. The molecule has 166 valence electrons. The Labute approximate surface area is 191 Å². The topological polar surface area (TPSA) is 87.7 Å². The standard InChI is InChI=1S/C26H23N3O4/c1-3-33-19-12-10-18(11-13-19)29-25(17-9-14-20(30)21(15-17)32-2)22-23(16-7-5-4-6-8-16)27-28-24(22)26(29)31/h4-15,25,30H,3H2,1-2H3,(H,27,28)/t25-/m0/s1. The van der Waals surface area contributed by atoms with Gasteiger partial charge in [-0.05, 0) is 48.9 Å². The first-order valence-electron chi connectivity index (χ1n) is 10.7. The van der Waals surface area contributed by atoms with Crippen molar-refractivity contribution in [3.8, 4) is 28.5 Å².